The van der Waals surface area contributed by atoms with Gasteiger partial charge >= 0.3 is 0 Å². The first-order chi connectivity index (χ1) is 5.40. The summed E-state index contributed by atoms with van der Waals surface area (Å²) in [5.74, 6) is 4.46. The molecular weight excluding hydrogens is 138 g/mol. The predicted octanol–water partition coefficient (Wildman–Crippen LogP) is 1.53. The van der Waals surface area contributed by atoms with E-state index in [1.165, 1.54) is 0 Å². The summed E-state index contributed by atoms with van der Waals surface area (Å²) in [6.07, 6.45) is 6.30. The van der Waals surface area contributed by atoms with Gasteiger partial charge in [0, 0.05) is 12.3 Å². The Morgan fingerprint density at radius 2 is 2.64 bits per heavy atom. The van der Waals surface area contributed by atoms with Crippen molar-refractivity contribution >= 4 is 5.87 Å². The molecule has 2 heteroatoms. The van der Waals surface area contributed by atoms with Gasteiger partial charge < -0.3 is 4.74 Å². The molecule has 2 atom stereocenters. The van der Waals surface area contributed by atoms with Crippen molar-refractivity contribution in [2.75, 3.05) is 7.11 Å². The van der Waals surface area contributed by atoms with Gasteiger partial charge in [0.25, 0.3) is 0 Å². The van der Waals surface area contributed by atoms with Crippen LogP contribution in [0.3, 0.4) is 0 Å². The second-order valence-electron chi connectivity index (χ2n) is 2.95. The van der Waals surface area contributed by atoms with E-state index < -0.39 is 0 Å². The normalized spacial score (nSPS) is 33.4. The molecule has 0 aromatic rings. The molecule has 2 unspecified atom stereocenters. The molecule has 11 heavy (non-hydrogen) atoms. The summed E-state index contributed by atoms with van der Waals surface area (Å²) in [5, 5.41) is 0. The first-order valence-electron chi connectivity index (χ1n) is 3.93. The van der Waals surface area contributed by atoms with Crippen LogP contribution in [0.15, 0.2) is 22.9 Å². The minimum atomic E-state index is 0.453. The Morgan fingerprint density at radius 1 is 1.73 bits per heavy atom. The van der Waals surface area contributed by atoms with E-state index in [-0.39, 0.29) is 0 Å². The van der Waals surface area contributed by atoms with Crippen LogP contribution >= 0.6 is 0 Å². The van der Waals surface area contributed by atoms with E-state index in [0.717, 1.165) is 18.6 Å². The Balaban J connectivity index is 2.16. The van der Waals surface area contributed by atoms with E-state index >= 15 is 0 Å². The second kappa shape index (κ2) is 2.55. The number of nitrogens with zero attached hydrogens (tertiary/aromatic N) is 1. The monoisotopic (exact) mass is 149 g/mol. The van der Waals surface area contributed by atoms with Crippen molar-refractivity contribution in [2.45, 2.75) is 18.9 Å². The van der Waals surface area contributed by atoms with Gasteiger partial charge in [0.2, 0.25) is 0 Å². The van der Waals surface area contributed by atoms with E-state index in [4.69, 9.17) is 4.74 Å². The van der Waals surface area contributed by atoms with E-state index in [2.05, 4.69) is 16.9 Å². The number of aliphatic imine (C=N–C) groups is 1. The summed E-state index contributed by atoms with van der Waals surface area (Å²) < 4.78 is 5.17. The van der Waals surface area contributed by atoms with Crippen LogP contribution in [0.4, 0.5) is 0 Å². The summed E-state index contributed by atoms with van der Waals surface area (Å²) in [4.78, 5) is 4.22. The Hall–Kier alpha value is -1.01. The maximum Gasteiger partial charge on any atom is 0.0923 e. The molecule has 0 N–H and O–H groups in total. The molecule has 0 aromatic heterocycles. The van der Waals surface area contributed by atoms with E-state index in [1.807, 2.05) is 6.08 Å². The van der Waals surface area contributed by atoms with E-state index in [1.54, 1.807) is 7.11 Å². The van der Waals surface area contributed by atoms with Crippen LogP contribution in [-0.4, -0.2) is 19.0 Å². The standard InChI is InChI=1S/C9H11NO/c1-11-8-2-3-9-7(6-8)4-5-10-9/h4,6-7,9H,2-3H2,1H3. The molecule has 0 saturated carbocycles. The zero-order valence-electron chi connectivity index (χ0n) is 6.58. The molecule has 1 heterocycles. The fourth-order valence-electron chi connectivity index (χ4n) is 1.60. The van der Waals surface area contributed by atoms with E-state index in [0.29, 0.717) is 12.0 Å². The Labute approximate surface area is 66.3 Å². The van der Waals surface area contributed by atoms with Crippen molar-refractivity contribution < 1.29 is 4.74 Å². The summed E-state index contributed by atoms with van der Waals surface area (Å²) in [5.41, 5.74) is 0. The van der Waals surface area contributed by atoms with Crippen molar-refractivity contribution in [2.24, 2.45) is 10.9 Å². The molecule has 0 aromatic carbocycles. The van der Waals surface area contributed by atoms with Crippen LogP contribution in [0, 0.1) is 5.92 Å². The lowest BCUT2D eigenvalue weighted by Crippen LogP contribution is -2.17. The van der Waals surface area contributed by atoms with Gasteiger partial charge in [-0.25, -0.2) is 4.99 Å². The summed E-state index contributed by atoms with van der Waals surface area (Å²) >= 11 is 0. The predicted molar refractivity (Wildman–Crippen MR) is 43.6 cm³/mol. The van der Waals surface area contributed by atoms with Gasteiger partial charge in [0.1, 0.15) is 0 Å². The van der Waals surface area contributed by atoms with Crippen molar-refractivity contribution in [3.63, 3.8) is 0 Å². The number of hydrogen-bond donors (Lipinski definition) is 0. The fraction of sp³-hybridized carbons (Fsp3) is 0.556. The van der Waals surface area contributed by atoms with Gasteiger partial charge in [-0.05, 0) is 24.4 Å². The highest BCUT2D eigenvalue weighted by Gasteiger charge is 2.24. The molecule has 0 fully saturated rings. The number of rotatable bonds is 1. The largest absolute Gasteiger partial charge is 0.501 e. The Morgan fingerprint density at radius 3 is 3.45 bits per heavy atom. The molecule has 1 aliphatic heterocycles. The minimum absolute atomic E-state index is 0.453. The lowest BCUT2D eigenvalue weighted by atomic mass is 9.91. The molecule has 0 spiro atoms. The number of hydrogen-bond acceptors (Lipinski definition) is 2. The lowest BCUT2D eigenvalue weighted by molar-refractivity contribution is 0.257. The average Bonchev–Trinajstić information content (AvgIpc) is 2.50. The molecule has 0 amide bonds. The molecular formula is C9H11NO. The van der Waals surface area contributed by atoms with Gasteiger partial charge in [0.05, 0.1) is 18.9 Å². The topological polar surface area (TPSA) is 21.6 Å². The Kier molecular flexibility index (Phi) is 1.55. The third-order valence-electron chi connectivity index (χ3n) is 2.28. The number of fused-ring (bicyclic) bond motifs is 1. The van der Waals surface area contributed by atoms with Crippen LogP contribution in [0.25, 0.3) is 0 Å². The lowest BCUT2D eigenvalue weighted by Gasteiger charge is -2.20. The van der Waals surface area contributed by atoms with Crippen LogP contribution in [0.2, 0.25) is 0 Å². The summed E-state index contributed by atoms with van der Waals surface area (Å²) in [7, 11) is 1.73. The highest BCUT2D eigenvalue weighted by Crippen LogP contribution is 2.28. The van der Waals surface area contributed by atoms with Gasteiger partial charge in [-0.1, -0.05) is 0 Å². The van der Waals surface area contributed by atoms with Crippen LogP contribution in [0.1, 0.15) is 12.8 Å². The molecule has 2 rings (SSSR count). The SMILES string of the molecule is COC1=CC2C=C=NC2CC1. The minimum Gasteiger partial charge on any atom is -0.501 e. The molecule has 1 aliphatic carbocycles. The zero-order valence-corrected chi connectivity index (χ0v) is 6.58. The second-order valence-corrected chi connectivity index (χ2v) is 2.95. The number of allylic oxidation sites excluding steroid dienone is 1. The van der Waals surface area contributed by atoms with E-state index in [9.17, 15) is 0 Å². The van der Waals surface area contributed by atoms with Crippen LogP contribution in [0.5, 0.6) is 0 Å². The van der Waals surface area contributed by atoms with Crippen molar-refractivity contribution in [1.82, 2.24) is 0 Å². The van der Waals surface area contributed by atoms with Crippen molar-refractivity contribution in [3.8, 4) is 0 Å². The van der Waals surface area contributed by atoms with Crippen molar-refractivity contribution in [3.05, 3.63) is 17.9 Å². The molecule has 0 saturated heterocycles. The number of ether oxygens (including phenoxy) is 1. The summed E-state index contributed by atoms with van der Waals surface area (Å²) in [6.45, 7) is 0. The fourth-order valence-corrected chi connectivity index (χ4v) is 1.60. The smallest absolute Gasteiger partial charge is 0.0923 e. The highest BCUT2D eigenvalue weighted by atomic mass is 16.5. The van der Waals surface area contributed by atoms with Gasteiger partial charge in [-0.2, -0.15) is 0 Å². The first kappa shape index (κ1) is 6.68. The third-order valence-corrected chi connectivity index (χ3v) is 2.28. The van der Waals surface area contributed by atoms with Crippen LogP contribution < -0.4 is 0 Å². The van der Waals surface area contributed by atoms with Crippen LogP contribution in [-0.2, 0) is 4.74 Å². The number of methoxy groups -OCH3 is 1. The molecule has 0 bridgehead atoms. The summed E-state index contributed by atoms with van der Waals surface area (Å²) in [6, 6.07) is 0.453. The first-order valence-corrected chi connectivity index (χ1v) is 3.93. The van der Waals surface area contributed by atoms with Gasteiger partial charge in [0.15, 0.2) is 0 Å². The highest BCUT2D eigenvalue weighted by molar-refractivity contribution is 5.57. The molecule has 58 valence electrons. The molecule has 0 radical (unpaired) electrons. The Bertz CT molecular complexity index is 248. The quantitative estimate of drug-likeness (QED) is 0.554. The van der Waals surface area contributed by atoms with Crippen molar-refractivity contribution in [1.29, 1.82) is 0 Å². The molecule has 2 nitrogen and oxygen atoms in total. The maximum atomic E-state index is 5.17. The van der Waals surface area contributed by atoms with Gasteiger partial charge in [-0.15, -0.1) is 0 Å². The van der Waals surface area contributed by atoms with Gasteiger partial charge in [-0.3, -0.25) is 0 Å². The molecule has 2 aliphatic rings. The third kappa shape index (κ3) is 1.10. The maximum absolute atomic E-state index is 5.17. The average molecular weight is 149 g/mol. The zero-order chi connectivity index (χ0) is 7.68.